The Morgan fingerprint density at radius 1 is 1.19 bits per heavy atom. The van der Waals surface area contributed by atoms with Gasteiger partial charge in [0, 0.05) is 24.3 Å². The Morgan fingerprint density at radius 2 is 1.92 bits per heavy atom. The van der Waals surface area contributed by atoms with Crippen LogP contribution in [-0.2, 0) is 0 Å². The van der Waals surface area contributed by atoms with Crippen LogP contribution in [0.1, 0.15) is 25.2 Å². The van der Waals surface area contributed by atoms with Gasteiger partial charge in [-0.15, -0.1) is 0 Å². The Balaban J connectivity index is 2.04. The molecule has 0 unspecified atom stereocenters. The van der Waals surface area contributed by atoms with E-state index in [2.05, 4.69) is 28.8 Å². The second-order valence-corrected chi connectivity index (χ2v) is 5.95. The third-order valence-corrected chi connectivity index (χ3v) is 4.37. The molecule has 0 spiro atoms. The summed E-state index contributed by atoms with van der Waals surface area (Å²) < 4.78 is 1.26. The second-order valence-electron chi connectivity index (χ2n) is 5.95. The van der Waals surface area contributed by atoms with Gasteiger partial charge < -0.3 is 10.0 Å². The lowest BCUT2D eigenvalue weighted by Crippen LogP contribution is -2.22. The molecule has 26 heavy (non-hydrogen) atoms. The van der Waals surface area contributed by atoms with Crippen molar-refractivity contribution in [3.8, 4) is 5.75 Å². The van der Waals surface area contributed by atoms with Crippen LogP contribution < -0.4 is 10.5 Å². The Hall–Kier alpha value is -3.15. The number of hydrogen-bond donors (Lipinski definition) is 1. The van der Waals surface area contributed by atoms with Crippen LogP contribution in [0.5, 0.6) is 5.75 Å². The molecular formula is C20H22N4O2. The molecule has 0 atom stereocenters. The first-order valence-electron chi connectivity index (χ1n) is 8.65. The molecule has 134 valence electrons. The Kier molecular flexibility index (Phi) is 5.02. The Labute approximate surface area is 152 Å². The summed E-state index contributed by atoms with van der Waals surface area (Å²) in [7, 11) is 0. The summed E-state index contributed by atoms with van der Waals surface area (Å²) >= 11 is 0. The van der Waals surface area contributed by atoms with Gasteiger partial charge in [-0.1, -0.05) is 12.1 Å². The van der Waals surface area contributed by atoms with Gasteiger partial charge in [-0.2, -0.15) is 9.78 Å². The summed E-state index contributed by atoms with van der Waals surface area (Å²) in [5.74, 6) is 0.605. The van der Waals surface area contributed by atoms with E-state index in [-0.39, 0.29) is 11.3 Å². The maximum atomic E-state index is 12.7. The van der Waals surface area contributed by atoms with Gasteiger partial charge in [0.05, 0.1) is 17.1 Å². The summed E-state index contributed by atoms with van der Waals surface area (Å²) in [6, 6.07) is 12.6. The van der Waals surface area contributed by atoms with Crippen LogP contribution >= 0.6 is 0 Å². The van der Waals surface area contributed by atoms with Gasteiger partial charge in [0.25, 0.3) is 5.56 Å². The van der Waals surface area contributed by atoms with Crippen LogP contribution in [0.4, 0.5) is 5.69 Å². The fourth-order valence-electron chi connectivity index (χ4n) is 2.92. The highest BCUT2D eigenvalue weighted by molar-refractivity contribution is 5.85. The number of para-hydroxylation sites is 1. The van der Waals surface area contributed by atoms with E-state index in [4.69, 9.17) is 0 Å². The number of aryl methyl sites for hydroxylation is 1. The van der Waals surface area contributed by atoms with Crippen LogP contribution in [0.2, 0.25) is 0 Å². The lowest BCUT2D eigenvalue weighted by molar-refractivity contribution is 0.474. The standard InChI is InChI=1S/C20H22N4O2/c1-4-23(5-2)16-10-11-19(25)15(12-16)13-21-24-14(3)22-18-9-7-6-8-17(18)20(24)26/h6-13,25H,4-5H2,1-3H3. The van der Waals surface area contributed by atoms with Crippen molar-refractivity contribution < 1.29 is 5.11 Å². The lowest BCUT2D eigenvalue weighted by atomic mass is 10.1. The topological polar surface area (TPSA) is 70.7 Å². The molecule has 1 N–H and O–H groups in total. The van der Waals surface area contributed by atoms with E-state index in [9.17, 15) is 9.90 Å². The van der Waals surface area contributed by atoms with Crippen molar-refractivity contribution >= 4 is 22.8 Å². The minimum atomic E-state index is -0.233. The van der Waals surface area contributed by atoms with Gasteiger partial charge in [-0.05, 0) is 51.1 Å². The maximum absolute atomic E-state index is 12.7. The summed E-state index contributed by atoms with van der Waals surface area (Å²) in [4.78, 5) is 19.3. The zero-order valence-electron chi connectivity index (χ0n) is 15.2. The number of rotatable bonds is 5. The zero-order valence-corrected chi connectivity index (χ0v) is 15.2. The van der Waals surface area contributed by atoms with Crippen LogP contribution in [0.25, 0.3) is 10.9 Å². The van der Waals surface area contributed by atoms with E-state index in [0.29, 0.717) is 22.3 Å². The third kappa shape index (κ3) is 3.31. The summed E-state index contributed by atoms with van der Waals surface area (Å²) in [6.45, 7) is 7.62. The fraction of sp³-hybridized carbons (Fsp3) is 0.250. The van der Waals surface area contributed by atoms with E-state index < -0.39 is 0 Å². The molecule has 0 saturated heterocycles. The zero-order chi connectivity index (χ0) is 18.7. The van der Waals surface area contributed by atoms with E-state index in [1.54, 1.807) is 31.2 Å². The first-order chi connectivity index (χ1) is 12.5. The Morgan fingerprint density at radius 3 is 2.65 bits per heavy atom. The molecule has 6 heteroatoms. The number of phenols is 1. The number of phenolic OH excluding ortho intramolecular Hbond substituents is 1. The molecule has 0 aliphatic rings. The lowest BCUT2D eigenvalue weighted by Gasteiger charge is -2.21. The second kappa shape index (κ2) is 7.39. The molecule has 0 amide bonds. The molecule has 6 nitrogen and oxygen atoms in total. The number of anilines is 1. The van der Waals surface area contributed by atoms with Crippen LogP contribution in [-0.4, -0.2) is 34.1 Å². The van der Waals surface area contributed by atoms with E-state index in [1.807, 2.05) is 18.2 Å². The van der Waals surface area contributed by atoms with E-state index in [0.717, 1.165) is 18.8 Å². The average molecular weight is 350 g/mol. The Bertz CT molecular complexity index is 1020. The molecular weight excluding hydrogens is 328 g/mol. The van der Waals surface area contributed by atoms with Crippen molar-refractivity contribution in [1.82, 2.24) is 9.66 Å². The molecule has 2 aromatic carbocycles. The predicted molar refractivity (Wildman–Crippen MR) is 105 cm³/mol. The highest BCUT2D eigenvalue weighted by Gasteiger charge is 2.08. The first-order valence-corrected chi connectivity index (χ1v) is 8.65. The summed E-state index contributed by atoms with van der Waals surface area (Å²) in [5, 5.41) is 14.9. The van der Waals surface area contributed by atoms with Crippen LogP contribution in [0, 0.1) is 6.92 Å². The van der Waals surface area contributed by atoms with E-state index >= 15 is 0 Å². The number of hydrogen-bond acceptors (Lipinski definition) is 5. The maximum Gasteiger partial charge on any atom is 0.282 e. The van der Waals surface area contributed by atoms with Gasteiger partial charge >= 0.3 is 0 Å². The number of benzene rings is 2. The molecule has 1 heterocycles. The van der Waals surface area contributed by atoms with Crippen molar-refractivity contribution in [2.24, 2.45) is 5.10 Å². The van der Waals surface area contributed by atoms with E-state index in [1.165, 1.54) is 10.9 Å². The molecule has 1 aromatic heterocycles. The van der Waals surface area contributed by atoms with Crippen molar-refractivity contribution in [2.45, 2.75) is 20.8 Å². The highest BCUT2D eigenvalue weighted by atomic mass is 16.3. The van der Waals surface area contributed by atoms with Gasteiger partial charge in [0.1, 0.15) is 11.6 Å². The molecule has 0 bridgehead atoms. The van der Waals surface area contributed by atoms with Crippen molar-refractivity contribution in [2.75, 3.05) is 18.0 Å². The third-order valence-electron chi connectivity index (χ3n) is 4.37. The number of fused-ring (bicyclic) bond motifs is 1. The van der Waals surface area contributed by atoms with Gasteiger partial charge in [-0.25, -0.2) is 4.98 Å². The average Bonchev–Trinajstić information content (AvgIpc) is 2.64. The molecule has 0 fully saturated rings. The fourth-order valence-corrected chi connectivity index (χ4v) is 2.92. The van der Waals surface area contributed by atoms with Crippen molar-refractivity contribution in [3.05, 3.63) is 64.2 Å². The smallest absolute Gasteiger partial charge is 0.282 e. The quantitative estimate of drug-likeness (QED) is 0.718. The van der Waals surface area contributed by atoms with Crippen molar-refractivity contribution in [3.63, 3.8) is 0 Å². The van der Waals surface area contributed by atoms with Crippen LogP contribution in [0.3, 0.4) is 0 Å². The van der Waals surface area contributed by atoms with Crippen molar-refractivity contribution in [1.29, 1.82) is 0 Å². The highest BCUT2D eigenvalue weighted by Crippen LogP contribution is 2.23. The van der Waals surface area contributed by atoms with Crippen LogP contribution in [0.15, 0.2) is 52.4 Å². The first kappa shape index (κ1) is 17.7. The molecule has 0 saturated carbocycles. The monoisotopic (exact) mass is 350 g/mol. The number of aromatic hydroxyl groups is 1. The SMILES string of the molecule is CCN(CC)c1ccc(O)c(C=Nn2c(C)nc3ccccc3c2=O)c1. The van der Waals surface area contributed by atoms with Gasteiger partial charge in [0.15, 0.2) is 0 Å². The molecule has 0 radical (unpaired) electrons. The molecule has 0 aliphatic heterocycles. The van der Waals surface area contributed by atoms with Gasteiger partial charge in [0.2, 0.25) is 0 Å². The minimum absolute atomic E-state index is 0.115. The predicted octanol–water partition coefficient (Wildman–Crippen LogP) is 3.14. The molecule has 3 aromatic rings. The molecule has 0 aliphatic carbocycles. The summed E-state index contributed by atoms with van der Waals surface area (Å²) in [6.07, 6.45) is 1.49. The normalized spacial score (nSPS) is 11.3. The molecule has 3 rings (SSSR count). The van der Waals surface area contributed by atoms with Gasteiger partial charge in [-0.3, -0.25) is 4.79 Å². The summed E-state index contributed by atoms with van der Waals surface area (Å²) in [5.41, 5.74) is 1.96. The minimum Gasteiger partial charge on any atom is -0.507 e. The largest absolute Gasteiger partial charge is 0.507 e. The number of nitrogens with zero attached hydrogens (tertiary/aromatic N) is 4. The number of aromatic nitrogens is 2.